The van der Waals surface area contributed by atoms with E-state index in [1.165, 1.54) is 0 Å². The average Bonchev–Trinajstić information content (AvgIpc) is 2.96. The van der Waals surface area contributed by atoms with Gasteiger partial charge >= 0.3 is 0 Å². The third-order valence-electron chi connectivity index (χ3n) is 2.98. The van der Waals surface area contributed by atoms with Crippen LogP contribution in [0.4, 0.5) is 0 Å². The van der Waals surface area contributed by atoms with Crippen molar-refractivity contribution in [1.29, 1.82) is 0 Å². The largest absolute Gasteiger partial charge is 0.467 e. The molecule has 106 valence electrons. The second kappa shape index (κ2) is 7.12. The maximum Gasteiger partial charge on any atom is 0.234 e. The fraction of sp³-hybridized carbons (Fsp3) is 0.267. The molecule has 1 atom stereocenters. The van der Waals surface area contributed by atoms with Crippen LogP contribution in [0, 0.1) is 0 Å². The van der Waals surface area contributed by atoms with Crippen LogP contribution in [0.5, 0.6) is 0 Å². The van der Waals surface area contributed by atoms with E-state index in [2.05, 4.69) is 10.6 Å². The maximum absolute atomic E-state index is 11.7. The van der Waals surface area contributed by atoms with E-state index >= 15 is 0 Å². The molecule has 2 aromatic rings. The molecule has 1 aromatic heterocycles. The molecule has 0 aliphatic rings. The quantitative estimate of drug-likeness (QED) is 0.861. The molecular formula is C15H17ClN2O2. The van der Waals surface area contributed by atoms with Crippen molar-refractivity contribution in [3.05, 3.63) is 59.0 Å². The molecule has 0 aliphatic carbocycles. The minimum absolute atomic E-state index is 0.0674. The van der Waals surface area contributed by atoms with Crippen molar-refractivity contribution >= 4 is 17.5 Å². The molecule has 20 heavy (non-hydrogen) atoms. The summed E-state index contributed by atoms with van der Waals surface area (Å²) >= 11 is 5.84. The van der Waals surface area contributed by atoms with Crippen molar-refractivity contribution in [3.63, 3.8) is 0 Å². The molecule has 0 radical (unpaired) electrons. The summed E-state index contributed by atoms with van der Waals surface area (Å²) in [4.78, 5) is 11.7. The number of carbonyl (C=O) groups is 1. The maximum atomic E-state index is 11.7. The molecule has 0 unspecified atom stereocenters. The summed E-state index contributed by atoms with van der Waals surface area (Å²) < 4.78 is 5.14. The first-order valence-electron chi connectivity index (χ1n) is 6.43. The predicted octanol–water partition coefficient (Wildman–Crippen LogP) is 2.90. The zero-order valence-electron chi connectivity index (χ0n) is 11.2. The summed E-state index contributed by atoms with van der Waals surface area (Å²) in [7, 11) is 0. The fourth-order valence-electron chi connectivity index (χ4n) is 1.78. The van der Waals surface area contributed by atoms with Crippen molar-refractivity contribution in [1.82, 2.24) is 10.6 Å². The van der Waals surface area contributed by atoms with Gasteiger partial charge in [0, 0.05) is 11.1 Å². The smallest absolute Gasteiger partial charge is 0.234 e. The monoisotopic (exact) mass is 292 g/mol. The fourth-order valence-corrected chi connectivity index (χ4v) is 1.90. The van der Waals surface area contributed by atoms with E-state index in [-0.39, 0.29) is 18.5 Å². The van der Waals surface area contributed by atoms with E-state index in [0.29, 0.717) is 11.6 Å². The van der Waals surface area contributed by atoms with E-state index in [4.69, 9.17) is 16.0 Å². The van der Waals surface area contributed by atoms with Crippen molar-refractivity contribution in [2.45, 2.75) is 19.5 Å². The topological polar surface area (TPSA) is 54.3 Å². The van der Waals surface area contributed by atoms with Crippen molar-refractivity contribution in [3.8, 4) is 0 Å². The lowest BCUT2D eigenvalue weighted by Crippen LogP contribution is -2.34. The number of benzene rings is 1. The lowest BCUT2D eigenvalue weighted by atomic mass is 10.1. The number of amides is 1. The highest BCUT2D eigenvalue weighted by Crippen LogP contribution is 2.15. The van der Waals surface area contributed by atoms with Gasteiger partial charge in [0.2, 0.25) is 5.91 Å². The number of rotatable bonds is 6. The predicted molar refractivity (Wildman–Crippen MR) is 78.4 cm³/mol. The SMILES string of the molecule is C[C@H](NCC(=O)NCc1ccco1)c1ccc(Cl)cc1. The molecule has 0 spiro atoms. The third-order valence-corrected chi connectivity index (χ3v) is 3.23. The third kappa shape index (κ3) is 4.40. The molecule has 1 amide bonds. The van der Waals surface area contributed by atoms with Gasteiger partial charge in [0.15, 0.2) is 0 Å². The normalized spacial score (nSPS) is 12.1. The molecule has 1 aromatic carbocycles. The molecule has 2 N–H and O–H groups in total. The Morgan fingerprint density at radius 2 is 2.05 bits per heavy atom. The molecule has 0 saturated heterocycles. The Morgan fingerprint density at radius 1 is 1.30 bits per heavy atom. The van der Waals surface area contributed by atoms with E-state index in [9.17, 15) is 4.79 Å². The van der Waals surface area contributed by atoms with Crippen LogP contribution in [-0.4, -0.2) is 12.5 Å². The summed E-state index contributed by atoms with van der Waals surface area (Å²) in [5.41, 5.74) is 1.09. The highest BCUT2D eigenvalue weighted by atomic mass is 35.5. The highest BCUT2D eigenvalue weighted by Gasteiger charge is 2.08. The Morgan fingerprint density at radius 3 is 2.70 bits per heavy atom. The van der Waals surface area contributed by atoms with Crippen molar-refractivity contribution in [2.75, 3.05) is 6.54 Å². The molecule has 5 heteroatoms. The zero-order chi connectivity index (χ0) is 14.4. The van der Waals surface area contributed by atoms with E-state index in [1.807, 2.05) is 37.3 Å². The zero-order valence-corrected chi connectivity index (χ0v) is 12.0. The molecule has 0 saturated carbocycles. The number of hydrogen-bond acceptors (Lipinski definition) is 3. The van der Waals surface area contributed by atoms with Crippen LogP contribution in [0.25, 0.3) is 0 Å². The second-order valence-electron chi connectivity index (χ2n) is 4.51. The van der Waals surface area contributed by atoms with Crippen molar-refractivity contribution in [2.24, 2.45) is 0 Å². The second-order valence-corrected chi connectivity index (χ2v) is 4.95. The minimum Gasteiger partial charge on any atom is -0.467 e. The Labute approximate surface area is 123 Å². The molecular weight excluding hydrogens is 276 g/mol. The Balaban J connectivity index is 1.73. The van der Waals surface area contributed by atoms with Gasteiger partial charge in [-0.05, 0) is 36.8 Å². The van der Waals surface area contributed by atoms with Crippen LogP contribution in [-0.2, 0) is 11.3 Å². The molecule has 0 fully saturated rings. The van der Waals surface area contributed by atoms with Gasteiger partial charge in [-0.1, -0.05) is 23.7 Å². The lowest BCUT2D eigenvalue weighted by Gasteiger charge is -2.14. The lowest BCUT2D eigenvalue weighted by molar-refractivity contribution is -0.120. The number of nitrogens with one attached hydrogen (secondary N) is 2. The van der Waals surface area contributed by atoms with Crippen LogP contribution in [0.1, 0.15) is 24.3 Å². The summed E-state index contributed by atoms with van der Waals surface area (Å²) in [6, 6.07) is 11.3. The first-order chi connectivity index (χ1) is 9.65. The Hall–Kier alpha value is -1.78. The summed E-state index contributed by atoms with van der Waals surface area (Å²) in [6.45, 7) is 2.66. The Bertz CT molecular complexity index is 538. The van der Waals surface area contributed by atoms with E-state index in [0.717, 1.165) is 11.3 Å². The molecule has 4 nitrogen and oxygen atoms in total. The van der Waals surface area contributed by atoms with Gasteiger partial charge in [-0.2, -0.15) is 0 Å². The van der Waals surface area contributed by atoms with Gasteiger partial charge in [0.05, 0.1) is 19.4 Å². The standard InChI is InChI=1S/C15H17ClN2O2/c1-11(12-4-6-13(16)7-5-12)17-10-15(19)18-9-14-3-2-8-20-14/h2-8,11,17H,9-10H2,1H3,(H,18,19)/t11-/m0/s1. The molecule has 1 heterocycles. The van der Waals surface area contributed by atoms with Crippen LogP contribution in [0.3, 0.4) is 0 Å². The number of carbonyl (C=O) groups excluding carboxylic acids is 1. The van der Waals surface area contributed by atoms with Gasteiger partial charge in [-0.15, -0.1) is 0 Å². The van der Waals surface area contributed by atoms with Crippen LogP contribution < -0.4 is 10.6 Å². The first-order valence-corrected chi connectivity index (χ1v) is 6.81. The molecule has 0 bridgehead atoms. The minimum atomic E-state index is -0.0674. The van der Waals surface area contributed by atoms with Crippen LogP contribution >= 0.6 is 11.6 Å². The van der Waals surface area contributed by atoms with Crippen LogP contribution in [0.15, 0.2) is 47.1 Å². The van der Waals surface area contributed by atoms with Gasteiger partial charge in [-0.3, -0.25) is 4.79 Å². The summed E-state index contributed by atoms with van der Waals surface area (Å²) in [5, 5.41) is 6.65. The first kappa shape index (κ1) is 14.6. The van der Waals surface area contributed by atoms with E-state index in [1.54, 1.807) is 12.3 Å². The molecule has 0 aliphatic heterocycles. The average molecular weight is 293 g/mol. The number of hydrogen-bond donors (Lipinski definition) is 2. The van der Waals surface area contributed by atoms with Gasteiger partial charge in [0.1, 0.15) is 5.76 Å². The Kier molecular flexibility index (Phi) is 5.21. The van der Waals surface area contributed by atoms with E-state index < -0.39 is 0 Å². The van der Waals surface area contributed by atoms with Crippen LogP contribution in [0.2, 0.25) is 5.02 Å². The molecule has 2 rings (SSSR count). The highest BCUT2D eigenvalue weighted by molar-refractivity contribution is 6.30. The van der Waals surface area contributed by atoms with Gasteiger partial charge in [-0.25, -0.2) is 0 Å². The van der Waals surface area contributed by atoms with Gasteiger partial charge < -0.3 is 15.1 Å². The van der Waals surface area contributed by atoms with Gasteiger partial charge in [0.25, 0.3) is 0 Å². The number of furan rings is 1. The van der Waals surface area contributed by atoms with Crippen molar-refractivity contribution < 1.29 is 9.21 Å². The summed E-state index contributed by atoms with van der Waals surface area (Å²) in [6.07, 6.45) is 1.59. The summed E-state index contributed by atoms with van der Waals surface area (Å²) in [5.74, 6) is 0.673. The number of halogens is 1.